The zero-order valence-electron chi connectivity index (χ0n) is 13.3. The molecule has 112 valence electrons. The Morgan fingerprint density at radius 3 is 2.38 bits per heavy atom. The molecule has 0 spiro atoms. The molecule has 0 aliphatic rings. The van der Waals surface area contributed by atoms with Crippen molar-refractivity contribution in [3.05, 3.63) is 64.7 Å². The minimum atomic E-state index is -0.606. The van der Waals surface area contributed by atoms with Gasteiger partial charge in [-0.15, -0.1) is 0 Å². The van der Waals surface area contributed by atoms with Crippen LogP contribution in [0.15, 0.2) is 42.5 Å². The van der Waals surface area contributed by atoms with E-state index in [1.54, 1.807) is 0 Å². The van der Waals surface area contributed by atoms with Gasteiger partial charge in [0.05, 0.1) is 0 Å². The van der Waals surface area contributed by atoms with Gasteiger partial charge in [-0.3, -0.25) is 0 Å². The van der Waals surface area contributed by atoms with Crippen LogP contribution in [0.5, 0.6) is 5.75 Å². The number of rotatable bonds is 5. The Morgan fingerprint density at radius 1 is 1.00 bits per heavy atom. The Kier molecular flexibility index (Phi) is 5.03. The maximum Gasteiger partial charge on any atom is 0.122 e. The van der Waals surface area contributed by atoms with Crippen LogP contribution in [0.25, 0.3) is 0 Å². The average Bonchev–Trinajstić information content (AvgIpc) is 2.45. The van der Waals surface area contributed by atoms with Crippen LogP contribution in [0, 0.1) is 13.8 Å². The molecule has 1 N–H and O–H groups in total. The highest BCUT2D eigenvalue weighted by atomic mass is 16.5. The zero-order chi connectivity index (χ0) is 15.4. The summed E-state index contributed by atoms with van der Waals surface area (Å²) in [5.41, 5.74) is 4.41. The molecule has 2 nitrogen and oxygen atoms in total. The first-order valence-electron chi connectivity index (χ1n) is 7.46. The standard InChI is InChI=1S/C19H24O2/c1-13(2)16-7-5-6-8-19(16)21-12-18(20)17-10-9-14(3)11-15(17)4/h5-11,13,18,20H,12H2,1-4H3. The van der Waals surface area contributed by atoms with Gasteiger partial charge in [-0.1, -0.05) is 55.8 Å². The second-order valence-corrected chi connectivity index (χ2v) is 5.88. The molecule has 0 saturated carbocycles. The second kappa shape index (κ2) is 6.77. The molecule has 0 radical (unpaired) electrons. The fourth-order valence-corrected chi connectivity index (χ4v) is 2.55. The van der Waals surface area contributed by atoms with Gasteiger partial charge in [0.1, 0.15) is 18.5 Å². The summed E-state index contributed by atoms with van der Waals surface area (Å²) < 4.78 is 5.85. The van der Waals surface area contributed by atoms with E-state index in [0.717, 1.165) is 16.9 Å². The van der Waals surface area contributed by atoms with E-state index >= 15 is 0 Å². The lowest BCUT2D eigenvalue weighted by Gasteiger charge is -2.18. The van der Waals surface area contributed by atoms with Crippen molar-refractivity contribution in [1.82, 2.24) is 0 Å². The number of ether oxygens (including phenoxy) is 1. The van der Waals surface area contributed by atoms with E-state index in [0.29, 0.717) is 5.92 Å². The van der Waals surface area contributed by atoms with E-state index in [1.165, 1.54) is 11.1 Å². The summed E-state index contributed by atoms with van der Waals surface area (Å²) in [6, 6.07) is 14.1. The number of aliphatic hydroxyl groups is 1. The molecule has 1 unspecified atom stereocenters. The normalized spacial score (nSPS) is 12.5. The van der Waals surface area contributed by atoms with Crippen LogP contribution in [-0.2, 0) is 0 Å². The second-order valence-electron chi connectivity index (χ2n) is 5.88. The van der Waals surface area contributed by atoms with Crippen molar-refractivity contribution in [2.24, 2.45) is 0 Å². The lowest BCUT2D eigenvalue weighted by molar-refractivity contribution is 0.107. The molecule has 1 atom stereocenters. The number of aryl methyl sites for hydroxylation is 2. The molecule has 0 amide bonds. The molecule has 0 saturated heterocycles. The fourth-order valence-electron chi connectivity index (χ4n) is 2.55. The zero-order valence-corrected chi connectivity index (χ0v) is 13.3. The fraction of sp³-hybridized carbons (Fsp3) is 0.368. The van der Waals surface area contributed by atoms with Crippen LogP contribution in [0.4, 0.5) is 0 Å². The van der Waals surface area contributed by atoms with Gasteiger partial charge in [-0.2, -0.15) is 0 Å². The van der Waals surface area contributed by atoms with Crippen molar-refractivity contribution >= 4 is 0 Å². The molecule has 21 heavy (non-hydrogen) atoms. The summed E-state index contributed by atoms with van der Waals surface area (Å²) >= 11 is 0. The number of hydrogen-bond acceptors (Lipinski definition) is 2. The van der Waals surface area contributed by atoms with Crippen LogP contribution in [0.2, 0.25) is 0 Å². The molecule has 0 aromatic heterocycles. The molecule has 0 aliphatic heterocycles. The minimum absolute atomic E-state index is 0.271. The van der Waals surface area contributed by atoms with E-state index in [-0.39, 0.29) is 6.61 Å². The molecule has 0 fully saturated rings. The van der Waals surface area contributed by atoms with Crippen LogP contribution in [0.1, 0.15) is 48.1 Å². The van der Waals surface area contributed by atoms with E-state index in [1.807, 2.05) is 37.3 Å². The monoisotopic (exact) mass is 284 g/mol. The molecular formula is C19H24O2. The molecule has 0 bridgehead atoms. The molecule has 0 heterocycles. The van der Waals surface area contributed by atoms with Crippen molar-refractivity contribution in [3.8, 4) is 5.75 Å². The van der Waals surface area contributed by atoms with E-state index in [2.05, 4.69) is 32.9 Å². The SMILES string of the molecule is Cc1ccc(C(O)COc2ccccc2C(C)C)c(C)c1. The van der Waals surface area contributed by atoms with Crippen molar-refractivity contribution in [2.75, 3.05) is 6.61 Å². The Hall–Kier alpha value is -1.80. The number of hydrogen-bond donors (Lipinski definition) is 1. The molecule has 2 heteroatoms. The van der Waals surface area contributed by atoms with Crippen LogP contribution < -0.4 is 4.74 Å². The van der Waals surface area contributed by atoms with Gasteiger partial charge in [-0.25, -0.2) is 0 Å². The first-order valence-corrected chi connectivity index (χ1v) is 7.46. The molecule has 2 rings (SSSR count). The topological polar surface area (TPSA) is 29.5 Å². The minimum Gasteiger partial charge on any atom is -0.490 e. The molecule has 0 aliphatic carbocycles. The van der Waals surface area contributed by atoms with Crippen molar-refractivity contribution in [3.63, 3.8) is 0 Å². The van der Waals surface area contributed by atoms with Gasteiger partial charge in [-0.05, 0) is 42.5 Å². The van der Waals surface area contributed by atoms with Crippen molar-refractivity contribution < 1.29 is 9.84 Å². The maximum absolute atomic E-state index is 10.4. The first kappa shape index (κ1) is 15.6. The third kappa shape index (κ3) is 3.85. The van der Waals surface area contributed by atoms with Crippen molar-refractivity contribution in [1.29, 1.82) is 0 Å². The predicted octanol–water partition coefficient (Wildman–Crippen LogP) is 4.54. The van der Waals surface area contributed by atoms with Crippen LogP contribution in [0.3, 0.4) is 0 Å². The average molecular weight is 284 g/mol. The Balaban J connectivity index is 2.09. The Bertz CT molecular complexity index is 602. The van der Waals surface area contributed by atoms with Crippen LogP contribution in [-0.4, -0.2) is 11.7 Å². The largest absolute Gasteiger partial charge is 0.490 e. The highest BCUT2D eigenvalue weighted by Gasteiger charge is 2.13. The summed E-state index contributed by atoms with van der Waals surface area (Å²) in [6.45, 7) is 8.63. The molecule has 2 aromatic rings. The molecular weight excluding hydrogens is 260 g/mol. The van der Waals surface area contributed by atoms with Crippen molar-refractivity contribution in [2.45, 2.75) is 39.7 Å². The Morgan fingerprint density at radius 2 is 1.71 bits per heavy atom. The first-order chi connectivity index (χ1) is 9.99. The van der Waals surface area contributed by atoms with Gasteiger partial charge in [0.15, 0.2) is 0 Å². The quantitative estimate of drug-likeness (QED) is 0.873. The third-order valence-corrected chi connectivity index (χ3v) is 3.72. The molecule has 2 aromatic carbocycles. The smallest absolute Gasteiger partial charge is 0.122 e. The van der Waals surface area contributed by atoms with Gasteiger partial charge in [0.25, 0.3) is 0 Å². The maximum atomic E-state index is 10.4. The lowest BCUT2D eigenvalue weighted by atomic mass is 10.0. The summed E-state index contributed by atoms with van der Waals surface area (Å²) in [5.74, 6) is 1.26. The lowest BCUT2D eigenvalue weighted by Crippen LogP contribution is -2.12. The summed E-state index contributed by atoms with van der Waals surface area (Å²) in [5, 5.41) is 10.4. The predicted molar refractivity (Wildman–Crippen MR) is 86.9 cm³/mol. The van der Waals surface area contributed by atoms with Gasteiger partial charge in [0.2, 0.25) is 0 Å². The van der Waals surface area contributed by atoms with Crippen LogP contribution >= 0.6 is 0 Å². The highest BCUT2D eigenvalue weighted by molar-refractivity contribution is 5.36. The van der Waals surface area contributed by atoms with Gasteiger partial charge in [0, 0.05) is 0 Å². The third-order valence-electron chi connectivity index (χ3n) is 3.72. The summed E-state index contributed by atoms with van der Waals surface area (Å²) in [4.78, 5) is 0. The number of para-hydroxylation sites is 1. The van der Waals surface area contributed by atoms with E-state index in [9.17, 15) is 5.11 Å². The summed E-state index contributed by atoms with van der Waals surface area (Å²) in [6.07, 6.45) is -0.606. The summed E-state index contributed by atoms with van der Waals surface area (Å²) in [7, 11) is 0. The Labute approximate surface area is 127 Å². The highest BCUT2D eigenvalue weighted by Crippen LogP contribution is 2.27. The number of aliphatic hydroxyl groups excluding tert-OH is 1. The van der Waals surface area contributed by atoms with Gasteiger partial charge >= 0.3 is 0 Å². The van der Waals surface area contributed by atoms with E-state index < -0.39 is 6.10 Å². The number of benzene rings is 2. The van der Waals surface area contributed by atoms with E-state index in [4.69, 9.17) is 4.74 Å². The van der Waals surface area contributed by atoms with Gasteiger partial charge < -0.3 is 9.84 Å².